The van der Waals surface area contributed by atoms with E-state index in [1.807, 2.05) is 60.7 Å². The van der Waals surface area contributed by atoms with E-state index >= 15 is 0 Å². The second kappa shape index (κ2) is 16.2. The van der Waals surface area contributed by atoms with Gasteiger partial charge in [0.1, 0.15) is 24.2 Å². The van der Waals surface area contributed by atoms with Crippen molar-refractivity contribution >= 4 is 29.6 Å². The van der Waals surface area contributed by atoms with Crippen molar-refractivity contribution in [3.8, 4) is 0 Å². The largest absolute Gasteiger partial charge is 0.464 e. The fraction of sp³-hybridized carbons (Fsp3) is 0.324. The highest BCUT2D eigenvalue weighted by Gasteiger charge is 2.33. The number of cyclic esters (lactones) is 1. The third kappa shape index (κ3) is 9.73. The minimum atomic E-state index is -1.14. The van der Waals surface area contributed by atoms with Crippen LogP contribution in [0.4, 0.5) is 0 Å². The van der Waals surface area contributed by atoms with Crippen LogP contribution in [0.25, 0.3) is 0 Å². The van der Waals surface area contributed by atoms with Gasteiger partial charge in [0, 0.05) is 18.4 Å². The topological polar surface area (TPSA) is 152 Å². The molecule has 3 aromatic carbocycles. The van der Waals surface area contributed by atoms with E-state index < -0.39 is 59.9 Å². The fourth-order valence-corrected chi connectivity index (χ4v) is 4.73. The van der Waals surface area contributed by atoms with Crippen molar-refractivity contribution in [3.05, 3.63) is 108 Å². The lowest BCUT2D eigenvalue weighted by Crippen LogP contribution is -2.59. The van der Waals surface area contributed by atoms with Crippen molar-refractivity contribution in [1.29, 1.82) is 0 Å². The standard InChI is InChI=1S/C34H38N4O7/c1-22(30(39)37-28(20-24-12-6-3-7-13-24)32(41)36-27-18-19-44-34(27)43)35-33(42)29(38-31(40)26-16-10-5-11-17-26)23(2)45-21-25-14-8-4-9-15-25/h3-17,22-23,27-29H,18-21H2,1-2H3,(H,35,42)(H,36,41)(H,37,39)(H,38,40)/t22-,23+,27+,28-,29-/m0/s1. The predicted octanol–water partition coefficient (Wildman–Crippen LogP) is 2.05. The van der Waals surface area contributed by atoms with Crippen molar-refractivity contribution in [1.82, 2.24) is 21.3 Å². The summed E-state index contributed by atoms with van der Waals surface area (Å²) in [4.78, 5) is 65.0. The highest BCUT2D eigenvalue weighted by molar-refractivity contribution is 5.99. The van der Waals surface area contributed by atoms with Crippen molar-refractivity contribution in [3.63, 3.8) is 0 Å². The van der Waals surface area contributed by atoms with Crippen LogP contribution in [0.2, 0.25) is 0 Å². The fourth-order valence-electron chi connectivity index (χ4n) is 4.73. The zero-order valence-corrected chi connectivity index (χ0v) is 25.2. The summed E-state index contributed by atoms with van der Waals surface area (Å²) in [7, 11) is 0. The van der Waals surface area contributed by atoms with Crippen molar-refractivity contribution in [2.75, 3.05) is 6.61 Å². The van der Waals surface area contributed by atoms with E-state index in [1.165, 1.54) is 6.92 Å². The van der Waals surface area contributed by atoms with E-state index in [-0.39, 0.29) is 19.6 Å². The summed E-state index contributed by atoms with van der Waals surface area (Å²) >= 11 is 0. The van der Waals surface area contributed by atoms with E-state index in [2.05, 4.69) is 21.3 Å². The van der Waals surface area contributed by atoms with E-state index in [9.17, 15) is 24.0 Å². The van der Waals surface area contributed by atoms with Crippen LogP contribution >= 0.6 is 0 Å². The lowest BCUT2D eigenvalue weighted by atomic mass is 10.0. The van der Waals surface area contributed by atoms with Crippen molar-refractivity contribution in [2.45, 2.75) is 63.6 Å². The Bertz CT molecular complexity index is 1450. The quantitative estimate of drug-likeness (QED) is 0.203. The van der Waals surface area contributed by atoms with Gasteiger partial charge in [0.25, 0.3) is 5.91 Å². The minimum Gasteiger partial charge on any atom is -0.464 e. The monoisotopic (exact) mass is 614 g/mol. The van der Waals surface area contributed by atoms with Crippen LogP contribution in [-0.4, -0.2) is 66.5 Å². The molecule has 1 aliphatic rings. The van der Waals surface area contributed by atoms with Gasteiger partial charge in [0.2, 0.25) is 17.7 Å². The molecule has 1 aliphatic heterocycles. The van der Waals surface area contributed by atoms with Gasteiger partial charge in [-0.25, -0.2) is 4.79 Å². The maximum absolute atomic E-state index is 13.5. The van der Waals surface area contributed by atoms with E-state index in [4.69, 9.17) is 9.47 Å². The molecule has 0 unspecified atom stereocenters. The van der Waals surface area contributed by atoms with Gasteiger partial charge < -0.3 is 30.7 Å². The van der Waals surface area contributed by atoms with Crippen LogP contribution in [0.3, 0.4) is 0 Å². The minimum absolute atomic E-state index is 0.154. The van der Waals surface area contributed by atoms with Gasteiger partial charge in [-0.05, 0) is 37.1 Å². The van der Waals surface area contributed by atoms with Crippen LogP contribution in [-0.2, 0) is 41.7 Å². The maximum atomic E-state index is 13.5. The average Bonchev–Trinajstić information content (AvgIpc) is 3.46. The van der Waals surface area contributed by atoms with Gasteiger partial charge in [-0.3, -0.25) is 19.2 Å². The molecule has 0 radical (unpaired) electrons. The van der Waals surface area contributed by atoms with Crippen LogP contribution in [0.15, 0.2) is 91.0 Å². The lowest BCUT2D eigenvalue weighted by molar-refractivity contribution is -0.141. The van der Waals surface area contributed by atoms with Gasteiger partial charge in [-0.1, -0.05) is 78.9 Å². The zero-order chi connectivity index (χ0) is 32.2. The highest BCUT2D eigenvalue weighted by atomic mass is 16.5. The number of carbonyl (C=O) groups excluding carboxylic acids is 5. The summed E-state index contributed by atoms with van der Waals surface area (Å²) in [6.07, 6.45) is -0.277. The number of carbonyl (C=O) groups is 5. The molecule has 1 fully saturated rings. The molecular weight excluding hydrogens is 576 g/mol. The second-order valence-electron chi connectivity index (χ2n) is 10.8. The molecule has 5 atom stereocenters. The molecule has 11 heteroatoms. The summed E-state index contributed by atoms with van der Waals surface area (Å²) in [6, 6.07) is 22.9. The molecule has 0 aromatic heterocycles. The van der Waals surface area contributed by atoms with Crippen molar-refractivity contribution in [2.24, 2.45) is 0 Å². The molecule has 0 bridgehead atoms. The second-order valence-corrected chi connectivity index (χ2v) is 10.8. The third-order valence-electron chi connectivity index (χ3n) is 7.35. The van der Waals surface area contributed by atoms with Gasteiger partial charge in [0.05, 0.1) is 19.3 Å². The van der Waals surface area contributed by atoms with E-state index in [0.29, 0.717) is 12.0 Å². The summed E-state index contributed by atoms with van der Waals surface area (Å²) < 4.78 is 10.9. The Hall–Kier alpha value is -5.03. The molecule has 4 amide bonds. The Morgan fingerprint density at radius 2 is 1.38 bits per heavy atom. The first kappa shape index (κ1) is 32.9. The number of hydrogen-bond donors (Lipinski definition) is 4. The molecule has 0 aliphatic carbocycles. The Morgan fingerprint density at radius 1 is 0.778 bits per heavy atom. The highest BCUT2D eigenvalue weighted by Crippen LogP contribution is 2.11. The number of nitrogens with one attached hydrogen (secondary N) is 4. The number of rotatable bonds is 14. The van der Waals surface area contributed by atoms with Gasteiger partial charge in [0.15, 0.2) is 0 Å². The van der Waals surface area contributed by atoms with Crippen LogP contribution in [0.1, 0.15) is 41.8 Å². The maximum Gasteiger partial charge on any atom is 0.328 e. The normalized spacial score (nSPS) is 16.8. The molecular formula is C34H38N4O7. The summed E-state index contributed by atoms with van der Waals surface area (Å²) in [6.45, 7) is 3.55. The van der Waals surface area contributed by atoms with Crippen molar-refractivity contribution < 1.29 is 33.4 Å². The summed E-state index contributed by atoms with van der Waals surface area (Å²) in [5.74, 6) is -2.82. The number of hydrogen-bond acceptors (Lipinski definition) is 7. The molecule has 0 saturated carbocycles. The molecule has 4 N–H and O–H groups in total. The summed E-state index contributed by atoms with van der Waals surface area (Å²) in [5, 5.41) is 10.7. The Balaban J connectivity index is 1.44. The van der Waals surface area contributed by atoms with Crippen LogP contribution in [0, 0.1) is 0 Å². The first-order valence-electron chi connectivity index (χ1n) is 14.8. The molecule has 45 heavy (non-hydrogen) atoms. The SMILES string of the molecule is C[C@H](NC(=O)[C@@H](NC(=O)c1ccccc1)[C@@H](C)OCc1ccccc1)C(=O)N[C@@H](Cc1ccccc1)C(=O)N[C@@H]1CCOC1=O. The molecule has 1 heterocycles. The van der Waals surface area contributed by atoms with Gasteiger partial charge >= 0.3 is 5.97 Å². The predicted molar refractivity (Wildman–Crippen MR) is 166 cm³/mol. The number of amides is 4. The number of esters is 1. The molecule has 11 nitrogen and oxygen atoms in total. The third-order valence-corrected chi connectivity index (χ3v) is 7.35. The first-order valence-corrected chi connectivity index (χ1v) is 14.8. The van der Waals surface area contributed by atoms with E-state index in [1.54, 1.807) is 37.3 Å². The Kier molecular flexibility index (Phi) is 11.8. The Labute approximate surface area is 262 Å². The van der Waals surface area contributed by atoms with Gasteiger partial charge in [-0.15, -0.1) is 0 Å². The number of benzene rings is 3. The Morgan fingerprint density at radius 3 is 1.98 bits per heavy atom. The molecule has 1 saturated heterocycles. The van der Waals surface area contributed by atoms with Gasteiger partial charge in [-0.2, -0.15) is 0 Å². The van der Waals surface area contributed by atoms with Crippen LogP contribution in [0.5, 0.6) is 0 Å². The van der Waals surface area contributed by atoms with E-state index in [0.717, 1.165) is 11.1 Å². The van der Waals surface area contributed by atoms with Crippen LogP contribution < -0.4 is 21.3 Å². The number of ether oxygens (including phenoxy) is 2. The molecule has 236 valence electrons. The summed E-state index contributed by atoms with van der Waals surface area (Å²) in [5.41, 5.74) is 2.04. The lowest BCUT2D eigenvalue weighted by Gasteiger charge is -2.27. The smallest absolute Gasteiger partial charge is 0.328 e. The average molecular weight is 615 g/mol. The molecule has 0 spiro atoms. The first-order chi connectivity index (χ1) is 21.7. The molecule has 4 rings (SSSR count). The molecule has 3 aromatic rings. The zero-order valence-electron chi connectivity index (χ0n) is 25.2.